The molecule has 0 amide bonds. The highest BCUT2D eigenvalue weighted by Gasteiger charge is 2.33. The van der Waals surface area contributed by atoms with E-state index in [1.807, 2.05) is 0 Å². The van der Waals surface area contributed by atoms with Crippen LogP contribution in [-0.2, 0) is 0 Å². The average Bonchev–Trinajstić information content (AvgIpc) is 1.31. The smallest absolute Gasteiger partial charge is 0.334 e. The molecule has 0 rings (SSSR count). The molecule has 1 N–H and O–H groups in total. The number of alkyl halides is 4. The predicted octanol–water partition coefficient (Wildman–Crippen LogP) is 1.38. The summed E-state index contributed by atoms with van der Waals surface area (Å²) >= 11 is 9.04. The van der Waals surface area contributed by atoms with Gasteiger partial charge in [-0.1, -0.05) is 23.2 Å². The van der Waals surface area contributed by atoms with Gasteiger partial charge in [-0.05, 0) is 0 Å². The van der Waals surface area contributed by atoms with Crippen molar-refractivity contribution in [3.8, 4) is 0 Å². The molecule has 0 aliphatic carbocycles. The first kappa shape index (κ1) is 7.40. The first-order valence-electron chi connectivity index (χ1n) is 1.33. The van der Waals surface area contributed by atoms with Gasteiger partial charge in [-0.25, -0.2) is 0 Å². The fraction of sp³-hybridized carbons (Fsp3) is 1.00. The van der Waals surface area contributed by atoms with Crippen molar-refractivity contribution in [3.05, 3.63) is 0 Å². The maximum absolute atomic E-state index is 11.1. The highest BCUT2D eigenvalue weighted by molar-refractivity contribution is 6.44. The lowest BCUT2D eigenvalue weighted by Gasteiger charge is -2.06. The van der Waals surface area contributed by atoms with Crippen LogP contribution < -0.4 is 0 Å². The fourth-order valence-electron chi connectivity index (χ4n) is 0. The summed E-state index contributed by atoms with van der Waals surface area (Å²) < 4.78 is 22.3. The molecule has 1 nitrogen and oxygen atoms in total. The largest absolute Gasteiger partial charge is 0.383 e. The number of hydrogen-bond donors (Lipinski definition) is 1. The molecule has 44 valence electrons. The summed E-state index contributed by atoms with van der Waals surface area (Å²) in [5, 5.41) is 7.50. The lowest BCUT2D eigenvalue weighted by molar-refractivity contribution is -0.186. The van der Waals surface area contributed by atoms with Gasteiger partial charge in [0.2, 0.25) is 0 Å². The van der Waals surface area contributed by atoms with Gasteiger partial charge >= 0.3 is 6.11 Å². The van der Waals surface area contributed by atoms with E-state index in [1.165, 1.54) is 0 Å². The van der Waals surface area contributed by atoms with Crippen LogP contribution >= 0.6 is 23.2 Å². The molecule has 0 aromatic rings. The van der Waals surface area contributed by atoms with Gasteiger partial charge in [0.25, 0.3) is 0 Å². The predicted molar refractivity (Wildman–Crippen MR) is 22.7 cm³/mol. The second-order valence-corrected chi connectivity index (χ2v) is 1.98. The van der Waals surface area contributed by atoms with Gasteiger partial charge in [0.1, 0.15) is 0 Å². The topological polar surface area (TPSA) is 20.2 Å². The van der Waals surface area contributed by atoms with Crippen molar-refractivity contribution >= 4 is 23.2 Å². The van der Waals surface area contributed by atoms with Gasteiger partial charge in [-0.2, -0.15) is 8.78 Å². The van der Waals surface area contributed by atoms with Gasteiger partial charge in [0.05, 0.1) is 0 Å². The molecule has 0 bridgehead atoms. The standard InChI is InChI=1S/C2H2Cl2F2O/c3-1(4)2(5,6)7/h1,7H. The van der Waals surface area contributed by atoms with E-state index in [4.69, 9.17) is 5.11 Å². The molecule has 0 saturated carbocycles. The van der Waals surface area contributed by atoms with Gasteiger partial charge < -0.3 is 5.11 Å². The Morgan fingerprint density at radius 2 is 1.57 bits per heavy atom. The van der Waals surface area contributed by atoms with E-state index in [-0.39, 0.29) is 0 Å². The molecule has 0 aromatic carbocycles. The van der Waals surface area contributed by atoms with E-state index >= 15 is 0 Å². The summed E-state index contributed by atoms with van der Waals surface area (Å²) in [6.45, 7) is 0. The minimum absolute atomic E-state index is 2.03. The van der Waals surface area contributed by atoms with E-state index in [0.717, 1.165) is 0 Å². The average molecular weight is 151 g/mol. The third kappa shape index (κ3) is 3.02. The molecule has 0 aliphatic rings. The quantitative estimate of drug-likeness (QED) is 0.561. The first-order chi connectivity index (χ1) is 2.94. The summed E-state index contributed by atoms with van der Waals surface area (Å²) in [6, 6.07) is 0. The van der Waals surface area contributed by atoms with Gasteiger partial charge in [-0.3, -0.25) is 0 Å². The summed E-state index contributed by atoms with van der Waals surface area (Å²) in [6.07, 6.45) is -3.97. The van der Waals surface area contributed by atoms with E-state index < -0.39 is 10.9 Å². The molecule has 5 heteroatoms. The molecular weight excluding hydrogens is 149 g/mol. The number of halogens is 4. The Balaban J connectivity index is 3.54. The molecule has 0 atom stereocenters. The number of hydrogen-bond acceptors (Lipinski definition) is 1. The Morgan fingerprint density at radius 3 is 1.57 bits per heavy atom. The van der Waals surface area contributed by atoms with E-state index in [1.54, 1.807) is 0 Å². The van der Waals surface area contributed by atoms with Gasteiger partial charge in [0, 0.05) is 0 Å². The van der Waals surface area contributed by atoms with Crippen LogP contribution in [-0.4, -0.2) is 16.1 Å². The van der Waals surface area contributed by atoms with E-state index in [2.05, 4.69) is 23.2 Å². The zero-order chi connectivity index (χ0) is 6.08. The number of aliphatic hydroxyl groups is 1. The Morgan fingerprint density at radius 1 is 1.43 bits per heavy atom. The first-order valence-corrected chi connectivity index (χ1v) is 2.20. The molecule has 0 heterocycles. The van der Waals surface area contributed by atoms with E-state index in [0.29, 0.717) is 0 Å². The normalized spacial score (nSPS) is 12.9. The van der Waals surface area contributed by atoms with Crippen molar-refractivity contribution in [1.82, 2.24) is 0 Å². The van der Waals surface area contributed by atoms with Crippen molar-refractivity contribution in [3.63, 3.8) is 0 Å². The van der Waals surface area contributed by atoms with Crippen LogP contribution in [0.1, 0.15) is 0 Å². The van der Waals surface area contributed by atoms with Crippen LogP contribution in [0.2, 0.25) is 0 Å². The van der Waals surface area contributed by atoms with Crippen molar-refractivity contribution in [1.29, 1.82) is 0 Å². The van der Waals surface area contributed by atoms with Crippen molar-refractivity contribution < 1.29 is 13.9 Å². The third-order valence-corrected chi connectivity index (χ3v) is 0.788. The Hall–Kier alpha value is 0.400. The molecule has 0 fully saturated rings. The van der Waals surface area contributed by atoms with Crippen LogP contribution in [0.5, 0.6) is 0 Å². The van der Waals surface area contributed by atoms with Crippen molar-refractivity contribution in [2.24, 2.45) is 0 Å². The van der Waals surface area contributed by atoms with Gasteiger partial charge in [0.15, 0.2) is 4.84 Å². The molecule has 0 aromatic heterocycles. The molecule has 7 heavy (non-hydrogen) atoms. The van der Waals surface area contributed by atoms with Crippen molar-refractivity contribution in [2.75, 3.05) is 0 Å². The summed E-state index contributed by atoms with van der Waals surface area (Å²) in [7, 11) is 0. The summed E-state index contributed by atoms with van der Waals surface area (Å²) in [4.78, 5) is -2.03. The Labute approximate surface area is 48.8 Å². The van der Waals surface area contributed by atoms with E-state index in [9.17, 15) is 8.78 Å². The van der Waals surface area contributed by atoms with Crippen LogP contribution in [0.4, 0.5) is 8.78 Å². The summed E-state index contributed by atoms with van der Waals surface area (Å²) in [5.74, 6) is 0. The maximum atomic E-state index is 11.1. The lowest BCUT2D eigenvalue weighted by Crippen LogP contribution is -2.22. The van der Waals surface area contributed by atoms with Gasteiger partial charge in [-0.15, -0.1) is 0 Å². The highest BCUT2D eigenvalue weighted by Crippen LogP contribution is 2.22. The maximum Gasteiger partial charge on any atom is 0.383 e. The lowest BCUT2D eigenvalue weighted by atomic mass is 10.7. The Bertz CT molecular complexity index is 59.2. The summed E-state index contributed by atoms with van der Waals surface area (Å²) in [5.41, 5.74) is 0. The third-order valence-electron chi connectivity index (χ3n) is 0.263. The molecule has 0 spiro atoms. The zero-order valence-electron chi connectivity index (χ0n) is 3.04. The molecule has 0 unspecified atom stereocenters. The highest BCUT2D eigenvalue weighted by atomic mass is 35.5. The van der Waals surface area contributed by atoms with Crippen molar-refractivity contribution in [2.45, 2.75) is 10.9 Å². The number of rotatable bonds is 1. The second kappa shape index (κ2) is 2.11. The molecular formula is C2H2Cl2F2O. The zero-order valence-corrected chi connectivity index (χ0v) is 4.55. The molecule has 0 aliphatic heterocycles. The molecule has 0 saturated heterocycles. The Kier molecular flexibility index (Phi) is 2.23. The monoisotopic (exact) mass is 150 g/mol. The fourth-order valence-corrected chi connectivity index (χ4v) is 0. The second-order valence-electron chi connectivity index (χ2n) is 0.888. The van der Waals surface area contributed by atoms with Crippen LogP contribution in [0.3, 0.4) is 0 Å². The van der Waals surface area contributed by atoms with Crippen LogP contribution in [0, 0.1) is 0 Å². The SMILES string of the molecule is OC(F)(F)C(Cl)Cl. The minimum Gasteiger partial charge on any atom is -0.334 e. The molecule has 0 radical (unpaired) electrons. The van der Waals surface area contributed by atoms with Crippen LogP contribution in [0.25, 0.3) is 0 Å². The minimum atomic E-state index is -3.97. The van der Waals surface area contributed by atoms with Crippen LogP contribution in [0.15, 0.2) is 0 Å².